The highest BCUT2D eigenvalue weighted by molar-refractivity contribution is 9.10. The second-order valence-corrected chi connectivity index (χ2v) is 17.3. The van der Waals surface area contributed by atoms with Crippen LogP contribution in [-0.2, 0) is 0 Å². The van der Waals surface area contributed by atoms with Crippen molar-refractivity contribution in [3.8, 4) is 34.0 Å². The van der Waals surface area contributed by atoms with Gasteiger partial charge in [-0.05, 0) is 96.9 Å². The molecule has 0 saturated heterocycles. The van der Waals surface area contributed by atoms with E-state index in [2.05, 4.69) is 52.1 Å². The molecule has 0 spiro atoms. The largest absolute Gasteiger partial charge is 0.454 e. The summed E-state index contributed by atoms with van der Waals surface area (Å²) in [6, 6.07) is 15.8. The molecule has 5 aromatic heterocycles. The standard InChI is InChI=1S/C26H23F4N5O2.C21H20BrF3N4O/c1-15-8-16(2-5-21(15)25(36)34-18-3-4-18)23-13-33-24-22(32-7-6-26(28,29)30)10-20(14-35(23)24)37-19-9-17(27)11-31-12-19;1-12-8-13(2-5-16(12)20(30)28-15-3-4-15)18-10-27-19-17(9-14(22)11-29(18)19)26-7-6-21(23,24)25/h2,5,8-14,18,32H,3-4,6-7H2,1H3,(H,34,36);2,5,8-11,15,26H,3-4,6-7H2,1H3,(H,28,30). The van der Waals surface area contributed by atoms with Gasteiger partial charge >= 0.3 is 12.4 Å². The third-order valence-corrected chi connectivity index (χ3v) is 11.3. The van der Waals surface area contributed by atoms with E-state index in [9.17, 15) is 40.3 Å². The van der Waals surface area contributed by atoms with Crippen molar-refractivity contribution in [3.63, 3.8) is 0 Å². The van der Waals surface area contributed by atoms with E-state index in [0.717, 1.165) is 65.9 Å². The zero-order valence-corrected chi connectivity index (χ0v) is 37.5. The number of benzene rings is 2. The Bertz CT molecular complexity index is 2960. The SMILES string of the molecule is Cc1cc(-c2cnc3c(NCCC(F)(F)F)cc(Br)cn23)ccc1C(=O)NC1CC1.Cc1cc(-c2cnc3c(NCCC(F)(F)F)cc(Oc4cncc(F)c4)cn23)ccc1C(=O)NC1CC1. The zero-order chi connectivity index (χ0) is 47.6. The Hall–Kier alpha value is -6.70. The number of carbonyl (C=O) groups excluding carboxylic acids is 2. The molecule has 4 N–H and O–H groups in total. The van der Waals surface area contributed by atoms with E-state index >= 15 is 0 Å². The van der Waals surface area contributed by atoms with E-state index in [1.807, 2.05) is 42.6 Å². The highest BCUT2D eigenvalue weighted by Gasteiger charge is 2.29. The Morgan fingerprint density at radius 3 is 1.63 bits per heavy atom. The molecule has 2 aliphatic rings. The quantitative estimate of drug-likeness (QED) is 0.0790. The number of hydrogen-bond donors (Lipinski definition) is 4. The van der Waals surface area contributed by atoms with Gasteiger partial charge in [0, 0.05) is 70.2 Å². The van der Waals surface area contributed by atoms with Crippen LogP contribution in [0.25, 0.3) is 33.8 Å². The van der Waals surface area contributed by atoms with Gasteiger partial charge in [0.15, 0.2) is 11.3 Å². The summed E-state index contributed by atoms with van der Waals surface area (Å²) in [5.74, 6) is -0.416. The Balaban J connectivity index is 0.000000186. The maximum atomic E-state index is 13.6. The van der Waals surface area contributed by atoms with E-state index < -0.39 is 31.0 Å². The number of rotatable bonds is 14. The minimum atomic E-state index is -4.32. The summed E-state index contributed by atoms with van der Waals surface area (Å²) in [6.45, 7) is 3.12. The molecule has 0 bridgehead atoms. The van der Waals surface area contributed by atoms with Gasteiger partial charge in [0.25, 0.3) is 11.8 Å². The summed E-state index contributed by atoms with van der Waals surface area (Å²) in [5.41, 5.74) is 7.59. The fraction of sp³-hybridized carbons (Fsp3) is 0.298. The van der Waals surface area contributed by atoms with Crippen LogP contribution < -0.4 is 26.0 Å². The molecule has 7 aromatic rings. The smallest absolute Gasteiger partial charge is 0.390 e. The zero-order valence-electron chi connectivity index (χ0n) is 36.0. The number of hydrogen-bond acceptors (Lipinski definition) is 8. The Morgan fingerprint density at radius 2 is 1.16 bits per heavy atom. The van der Waals surface area contributed by atoms with E-state index in [1.54, 1.807) is 47.3 Å². The van der Waals surface area contributed by atoms with Gasteiger partial charge in [0.1, 0.15) is 17.3 Å². The Kier molecular flexibility index (Phi) is 13.5. The number of pyridine rings is 3. The van der Waals surface area contributed by atoms with Crippen LogP contribution in [0.3, 0.4) is 0 Å². The Labute approximate surface area is 387 Å². The van der Waals surface area contributed by atoms with Crippen molar-refractivity contribution in [1.29, 1.82) is 0 Å². The Morgan fingerprint density at radius 1 is 0.672 bits per heavy atom. The number of fused-ring (bicyclic) bond motifs is 2. The lowest BCUT2D eigenvalue weighted by Crippen LogP contribution is -2.26. The summed E-state index contributed by atoms with van der Waals surface area (Å²) < 4.78 is 99.3. The van der Waals surface area contributed by atoms with Crippen LogP contribution in [0.2, 0.25) is 0 Å². The molecule has 0 radical (unpaired) electrons. The lowest BCUT2D eigenvalue weighted by molar-refractivity contribution is -0.132. The molecule has 0 atom stereocenters. The molecular weight excluding hydrogens is 951 g/mol. The summed E-state index contributed by atoms with van der Waals surface area (Å²) in [5, 5.41) is 11.6. The van der Waals surface area contributed by atoms with Gasteiger partial charge in [0.2, 0.25) is 0 Å². The lowest BCUT2D eigenvalue weighted by Gasteiger charge is -2.14. The number of nitrogens with one attached hydrogen (secondary N) is 4. The van der Waals surface area contributed by atoms with Crippen LogP contribution in [0.4, 0.5) is 42.1 Å². The van der Waals surface area contributed by atoms with Crippen LogP contribution in [0.15, 0.2) is 96.3 Å². The first-order valence-electron chi connectivity index (χ1n) is 21.3. The molecular formula is C47H43BrF7N9O3. The van der Waals surface area contributed by atoms with Crippen molar-refractivity contribution in [2.24, 2.45) is 0 Å². The summed E-state index contributed by atoms with van der Waals surface area (Å²) >= 11 is 3.42. The molecule has 20 heteroatoms. The average molecular weight is 995 g/mol. The minimum absolute atomic E-state index is 0.0708. The molecule has 9 rings (SSSR count). The van der Waals surface area contributed by atoms with Crippen LogP contribution in [0, 0.1) is 19.7 Å². The topological polar surface area (TPSA) is 139 Å². The number of anilines is 2. The molecule has 350 valence electrons. The predicted octanol–water partition coefficient (Wildman–Crippen LogP) is 11.2. The van der Waals surface area contributed by atoms with Gasteiger partial charge in [-0.1, -0.05) is 12.1 Å². The number of aryl methyl sites for hydroxylation is 2. The van der Waals surface area contributed by atoms with E-state index in [1.165, 1.54) is 12.3 Å². The molecule has 67 heavy (non-hydrogen) atoms. The first-order valence-corrected chi connectivity index (χ1v) is 22.1. The minimum Gasteiger partial charge on any atom is -0.454 e. The lowest BCUT2D eigenvalue weighted by atomic mass is 10.0. The molecule has 0 aliphatic heterocycles. The van der Waals surface area contributed by atoms with Crippen molar-refractivity contribution >= 4 is 50.4 Å². The van der Waals surface area contributed by atoms with Crippen molar-refractivity contribution in [2.45, 2.75) is 76.8 Å². The number of aromatic nitrogens is 5. The van der Waals surface area contributed by atoms with Crippen LogP contribution >= 0.6 is 15.9 Å². The van der Waals surface area contributed by atoms with E-state index in [4.69, 9.17) is 4.74 Å². The molecule has 2 aromatic carbocycles. The maximum absolute atomic E-state index is 13.6. The van der Waals surface area contributed by atoms with Gasteiger partial charge in [-0.2, -0.15) is 26.3 Å². The maximum Gasteiger partial charge on any atom is 0.390 e. The predicted molar refractivity (Wildman–Crippen MR) is 242 cm³/mol. The number of halogens is 8. The molecule has 12 nitrogen and oxygen atoms in total. The van der Waals surface area contributed by atoms with Gasteiger partial charge in [-0.15, -0.1) is 0 Å². The van der Waals surface area contributed by atoms with Crippen LogP contribution in [0.5, 0.6) is 11.5 Å². The number of alkyl halides is 6. The molecule has 2 saturated carbocycles. The highest BCUT2D eigenvalue weighted by atomic mass is 79.9. The number of amides is 2. The van der Waals surface area contributed by atoms with E-state index in [-0.39, 0.29) is 48.5 Å². The molecule has 0 unspecified atom stereocenters. The molecule has 2 amide bonds. The summed E-state index contributed by atoms with van der Waals surface area (Å²) in [7, 11) is 0. The first kappa shape index (κ1) is 46.8. The average Bonchev–Trinajstić information content (AvgIpc) is 4.17. The van der Waals surface area contributed by atoms with E-state index in [0.29, 0.717) is 44.0 Å². The van der Waals surface area contributed by atoms with Gasteiger partial charge in [-0.3, -0.25) is 23.4 Å². The third kappa shape index (κ3) is 12.0. The normalized spacial score (nSPS) is 13.8. The number of nitrogens with zero attached hydrogens (tertiary/aromatic N) is 5. The second kappa shape index (κ2) is 19.3. The fourth-order valence-corrected chi connectivity index (χ4v) is 7.69. The number of ether oxygens (including phenoxy) is 1. The third-order valence-electron chi connectivity index (χ3n) is 10.9. The van der Waals surface area contributed by atoms with Crippen LogP contribution in [0.1, 0.15) is 70.4 Å². The fourth-order valence-electron chi connectivity index (χ4n) is 7.26. The van der Waals surface area contributed by atoms with Crippen molar-refractivity contribution in [2.75, 3.05) is 23.7 Å². The first-order chi connectivity index (χ1) is 31.9. The highest BCUT2D eigenvalue weighted by Crippen LogP contribution is 2.34. The van der Waals surface area contributed by atoms with Crippen molar-refractivity contribution < 1.29 is 45.1 Å². The van der Waals surface area contributed by atoms with Crippen molar-refractivity contribution in [3.05, 3.63) is 124 Å². The van der Waals surface area contributed by atoms with Gasteiger partial charge in [0.05, 0.1) is 66.6 Å². The van der Waals surface area contributed by atoms with Crippen molar-refractivity contribution in [1.82, 2.24) is 34.4 Å². The van der Waals surface area contributed by atoms with Gasteiger partial charge < -0.3 is 26.0 Å². The molecule has 5 heterocycles. The molecule has 2 aliphatic carbocycles. The van der Waals surface area contributed by atoms with Gasteiger partial charge in [-0.25, -0.2) is 14.4 Å². The van der Waals surface area contributed by atoms with Crippen LogP contribution in [-0.4, -0.2) is 73.1 Å². The number of carbonyl (C=O) groups is 2. The summed E-state index contributed by atoms with van der Waals surface area (Å²) in [6.07, 6.45) is 2.58. The second-order valence-electron chi connectivity index (χ2n) is 16.4. The number of imidazole rings is 2. The monoisotopic (exact) mass is 993 g/mol. The molecule has 2 fully saturated rings. The summed E-state index contributed by atoms with van der Waals surface area (Å²) in [4.78, 5) is 37.5.